The van der Waals surface area contributed by atoms with E-state index in [0.717, 1.165) is 31.6 Å². The highest BCUT2D eigenvalue weighted by Crippen LogP contribution is 2.19. The van der Waals surface area contributed by atoms with Crippen molar-refractivity contribution in [3.63, 3.8) is 0 Å². The summed E-state index contributed by atoms with van der Waals surface area (Å²) >= 11 is 0. The predicted molar refractivity (Wildman–Crippen MR) is 70.5 cm³/mol. The number of rotatable bonds is 3. The van der Waals surface area contributed by atoms with E-state index in [1.165, 1.54) is 6.42 Å². The van der Waals surface area contributed by atoms with Gasteiger partial charge in [-0.15, -0.1) is 0 Å². The molecule has 1 aromatic heterocycles. The molecule has 0 spiro atoms. The Labute approximate surface area is 108 Å². The summed E-state index contributed by atoms with van der Waals surface area (Å²) in [6.45, 7) is 3.67. The number of piperidine rings is 1. The minimum atomic E-state index is 0.0682. The molecule has 0 radical (unpaired) electrons. The molecule has 1 aliphatic heterocycles. The summed E-state index contributed by atoms with van der Waals surface area (Å²) in [6.07, 6.45) is 3.38. The minimum Gasteiger partial charge on any atom is -0.333 e. The zero-order chi connectivity index (χ0) is 13.1. The van der Waals surface area contributed by atoms with E-state index in [2.05, 4.69) is 10.4 Å². The number of likely N-dealkylation sites (N-methyl/N-ethyl adjacent to an activating group) is 1. The molecule has 1 N–H and O–H groups in total. The van der Waals surface area contributed by atoms with Crippen LogP contribution in [0, 0.1) is 6.92 Å². The molecule has 18 heavy (non-hydrogen) atoms. The number of carbonyl (C=O) groups excluding carboxylic acids is 1. The summed E-state index contributed by atoms with van der Waals surface area (Å²) in [6, 6.07) is 2.17. The minimum absolute atomic E-state index is 0.0682. The number of aromatic nitrogens is 2. The summed E-state index contributed by atoms with van der Waals surface area (Å²) in [5.74, 6) is 0.0682. The van der Waals surface area contributed by atoms with E-state index in [0.29, 0.717) is 11.7 Å². The van der Waals surface area contributed by atoms with E-state index >= 15 is 0 Å². The van der Waals surface area contributed by atoms with Crippen molar-refractivity contribution in [2.75, 3.05) is 20.1 Å². The van der Waals surface area contributed by atoms with Crippen molar-refractivity contribution >= 4 is 5.91 Å². The van der Waals surface area contributed by atoms with Crippen LogP contribution in [0.25, 0.3) is 0 Å². The van der Waals surface area contributed by atoms with Crippen molar-refractivity contribution in [1.82, 2.24) is 20.0 Å². The van der Waals surface area contributed by atoms with Gasteiger partial charge in [0, 0.05) is 31.9 Å². The first kappa shape index (κ1) is 13.1. The lowest BCUT2D eigenvalue weighted by atomic mass is 10.0. The molecule has 100 valence electrons. The Morgan fingerprint density at radius 3 is 2.94 bits per heavy atom. The van der Waals surface area contributed by atoms with Gasteiger partial charge in [0.25, 0.3) is 5.91 Å². The van der Waals surface area contributed by atoms with Gasteiger partial charge in [0.15, 0.2) is 5.69 Å². The highest BCUT2D eigenvalue weighted by Gasteiger charge is 2.28. The number of nitrogens with one attached hydrogen (secondary N) is 1. The summed E-state index contributed by atoms with van der Waals surface area (Å²) < 4.78 is 1.75. The van der Waals surface area contributed by atoms with Gasteiger partial charge in [0.1, 0.15) is 0 Å². The van der Waals surface area contributed by atoms with Crippen LogP contribution < -0.4 is 5.32 Å². The lowest BCUT2D eigenvalue weighted by Gasteiger charge is -2.35. The molecule has 0 bridgehead atoms. The first-order valence-electron chi connectivity index (χ1n) is 6.59. The normalized spacial score (nSPS) is 20.2. The van der Waals surface area contributed by atoms with Crippen LogP contribution in [0.15, 0.2) is 6.07 Å². The Morgan fingerprint density at radius 2 is 2.33 bits per heavy atom. The Morgan fingerprint density at radius 1 is 1.56 bits per heavy atom. The van der Waals surface area contributed by atoms with Crippen LogP contribution in [-0.2, 0) is 7.05 Å². The van der Waals surface area contributed by atoms with E-state index in [1.54, 1.807) is 4.68 Å². The number of carbonyl (C=O) groups is 1. The number of hydrogen-bond donors (Lipinski definition) is 1. The van der Waals surface area contributed by atoms with Crippen LogP contribution in [-0.4, -0.2) is 46.8 Å². The van der Waals surface area contributed by atoms with Crippen molar-refractivity contribution < 1.29 is 4.79 Å². The Balaban J connectivity index is 2.15. The monoisotopic (exact) mass is 250 g/mol. The van der Waals surface area contributed by atoms with Crippen LogP contribution in [0.3, 0.4) is 0 Å². The summed E-state index contributed by atoms with van der Waals surface area (Å²) in [5, 5.41) is 7.46. The maximum Gasteiger partial charge on any atom is 0.274 e. The van der Waals surface area contributed by atoms with E-state index < -0.39 is 0 Å². The van der Waals surface area contributed by atoms with E-state index in [9.17, 15) is 4.79 Å². The zero-order valence-electron chi connectivity index (χ0n) is 11.4. The van der Waals surface area contributed by atoms with Crippen molar-refractivity contribution in [3.8, 4) is 0 Å². The SMILES string of the molecule is CNCC1CCCCN1C(=O)c1cc(C)n(C)n1. The zero-order valence-corrected chi connectivity index (χ0v) is 11.4. The summed E-state index contributed by atoms with van der Waals surface area (Å²) in [4.78, 5) is 14.4. The van der Waals surface area contributed by atoms with Gasteiger partial charge >= 0.3 is 0 Å². The smallest absolute Gasteiger partial charge is 0.274 e. The predicted octanol–water partition coefficient (Wildman–Crippen LogP) is 0.943. The van der Waals surface area contributed by atoms with E-state index in [4.69, 9.17) is 0 Å². The van der Waals surface area contributed by atoms with Gasteiger partial charge in [-0.3, -0.25) is 9.48 Å². The van der Waals surface area contributed by atoms with Crippen LogP contribution in [0.2, 0.25) is 0 Å². The molecule has 1 saturated heterocycles. The van der Waals surface area contributed by atoms with Crippen LogP contribution >= 0.6 is 0 Å². The van der Waals surface area contributed by atoms with E-state index in [1.807, 2.05) is 32.0 Å². The molecule has 1 unspecified atom stereocenters. The third kappa shape index (κ3) is 2.56. The second-order valence-electron chi connectivity index (χ2n) is 5.00. The van der Waals surface area contributed by atoms with Crippen molar-refractivity contribution in [3.05, 3.63) is 17.5 Å². The van der Waals surface area contributed by atoms with E-state index in [-0.39, 0.29) is 5.91 Å². The second kappa shape index (κ2) is 5.52. The molecule has 1 aliphatic rings. The van der Waals surface area contributed by atoms with Gasteiger partial charge in [-0.25, -0.2) is 0 Å². The van der Waals surface area contributed by atoms with Gasteiger partial charge in [-0.2, -0.15) is 5.10 Å². The third-order valence-corrected chi connectivity index (χ3v) is 3.66. The van der Waals surface area contributed by atoms with Crippen molar-refractivity contribution in [1.29, 1.82) is 0 Å². The maximum absolute atomic E-state index is 12.5. The van der Waals surface area contributed by atoms with Gasteiger partial charge in [0.05, 0.1) is 0 Å². The molecule has 5 heteroatoms. The molecule has 1 fully saturated rings. The lowest BCUT2D eigenvalue weighted by Crippen LogP contribution is -2.48. The van der Waals surface area contributed by atoms with Crippen molar-refractivity contribution in [2.45, 2.75) is 32.2 Å². The molecule has 0 saturated carbocycles. The number of aryl methyl sites for hydroxylation is 2. The van der Waals surface area contributed by atoms with Crippen LogP contribution in [0.5, 0.6) is 0 Å². The number of nitrogens with zero attached hydrogens (tertiary/aromatic N) is 3. The fourth-order valence-electron chi connectivity index (χ4n) is 2.53. The molecule has 0 aliphatic carbocycles. The molecule has 1 atom stereocenters. The molecule has 2 heterocycles. The van der Waals surface area contributed by atoms with Gasteiger partial charge < -0.3 is 10.2 Å². The van der Waals surface area contributed by atoms with Crippen molar-refractivity contribution in [2.24, 2.45) is 7.05 Å². The molecular weight excluding hydrogens is 228 g/mol. The molecule has 1 aromatic rings. The molecule has 1 amide bonds. The van der Waals surface area contributed by atoms with Crippen LogP contribution in [0.1, 0.15) is 35.4 Å². The Bertz CT molecular complexity index is 405. The summed E-state index contributed by atoms with van der Waals surface area (Å²) in [7, 11) is 3.80. The topological polar surface area (TPSA) is 50.2 Å². The second-order valence-corrected chi connectivity index (χ2v) is 5.00. The molecule has 2 rings (SSSR count). The van der Waals surface area contributed by atoms with Gasteiger partial charge in [-0.1, -0.05) is 0 Å². The number of amides is 1. The molecular formula is C13H22N4O. The highest BCUT2D eigenvalue weighted by atomic mass is 16.2. The first-order chi connectivity index (χ1) is 8.63. The summed E-state index contributed by atoms with van der Waals surface area (Å²) in [5.41, 5.74) is 1.58. The number of hydrogen-bond acceptors (Lipinski definition) is 3. The number of likely N-dealkylation sites (tertiary alicyclic amines) is 1. The standard InChI is InChI=1S/C13H22N4O/c1-10-8-12(15-16(10)3)13(18)17-7-5-4-6-11(17)9-14-2/h8,11,14H,4-7,9H2,1-3H3. The average Bonchev–Trinajstić information content (AvgIpc) is 2.70. The quantitative estimate of drug-likeness (QED) is 0.868. The molecule has 0 aromatic carbocycles. The Hall–Kier alpha value is -1.36. The third-order valence-electron chi connectivity index (χ3n) is 3.66. The maximum atomic E-state index is 12.5. The largest absolute Gasteiger partial charge is 0.333 e. The first-order valence-corrected chi connectivity index (χ1v) is 6.59. The van der Waals surface area contributed by atoms with Gasteiger partial charge in [-0.05, 0) is 39.3 Å². The van der Waals surface area contributed by atoms with Crippen LogP contribution in [0.4, 0.5) is 0 Å². The fraction of sp³-hybridized carbons (Fsp3) is 0.692. The van der Waals surface area contributed by atoms with Gasteiger partial charge in [0.2, 0.25) is 0 Å². The fourth-order valence-corrected chi connectivity index (χ4v) is 2.53. The highest BCUT2D eigenvalue weighted by molar-refractivity contribution is 5.92. The molecule has 5 nitrogen and oxygen atoms in total. The lowest BCUT2D eigenvalue weighted by molar-refractivity contribution is 0.0608. The average molecular weight is 250 g/mol. The Kier molecular flexibility index (Phi) is 4.01.